The van der Waals surface area contributed by atoms with Crippen molar-refractivity contribution in [1.82, 2.24) is 10.9 Å². The van der Waals surface area contributed by atoms with Gasteiger partial charge < -0.3 is 5.73 Å². The number of amides is 1. The lowest BCUT2D eigenvalue weighted by Crippen LogP contribution is -2.39. The number of carbonyl (C=O) groups is 1. The number of hydrogen-bond donors (Lipinski definition) is 3. The highest BCUT2D eigenvalue weighted by molar-refractivity contribution is 5.87. The van der Waals surface area contributed by atoms with Crippen molar-refractivity contribution in [2.75, 3.05) is 13.1 Å². The zero-order chi connectivity index (χ0) is 8.69. The third-order valence-corrected chi connectivity index (χ3v) is 0.901. The molecular weight excluding hydrogens is 142 g/mol. The van der Waals surface area contributed by atoms with Crippen LogP contribution in [0.15, 0.2) is 11.6 Å². The van der Waals surface area contributed by atoms with Crippen LogP contribution in [0.25, 0.3) is 0 Å². The van der Waals surface area contributed by atoms with Crippen molar-refractivity contribution >= 4 is 5.91 Å². The molecular formula is C7H15N3O. The summed E-state index contributed by atoms with van der Waals surface area (Å²) in [6, 6.07) is 0. The van der Waals surface area contributed by atoms with Crippen LogP contribution in [-0.2, 0) is 4.79 Å². The Hall–Kier alpha value is -0.870. The van der Waals surface area contributed by atoms with Crippen LogP contribution in [0.1, 0.15) is 13.8 Å². The average Bonchev–Trinajstić information content (AvgIpc) is 1.86. The Morgan fingerprint density at radius 1 is 1.55 bits per heavy atom. The van der Waals surface area contributed by atoms with Crippen molar-refractivity contribution < 1.29 is 4.79 Å². The second-order valence-electron chi connectivity index (χ2n) is 2.43. The van der Waals surface area contributed by atoms with E-state index in [4.69, 9.17) is 5.73 Å². The third kappa shape index (κ3) is 7.02. The topological polar surface area (TPSA) is 67.2 Å². The Bertz CT molecular complexity index is 150. The molecule has 0 aliphatic heterocycles. The Labute approximate surface area is 66.8 Å². The Morgan fingerprint density at radius 2 is 2.18 bits per heavy atom. The molecule has 0 spiro atoms. The first-order chi connectivity index (χ1) is 5.16. The minimum atomic E-state index is -0.140. The number of carbonyl (C=O) groups excluding carboxylic acids is 1. The van der Waals surface area contributed by atoms with Crippen LogP contribution in [0.2, 0.25) is 0 Å². The van der Waals surface area contributed by atoms with Crippen LogP contribution in [0.5, 0.6) is 0 Å². The Kier molecular flexibility index (Phi) is 5.42. The lowest BCUT2D eigenvalue weighted by molar-refractivity contribution is -0.117. The SMILES string of the molecule is CC(C)=CC(=O)NNCCN. The van der Waals surface area contributed by atoms with Crippen molar-refractivity contribution in [2.45, 2.75) is 13.8 Å². The average molecular weight is 157 g/mol. The molecule has 4 heteroatoms. The van der Waals surface area contributed by atoms with Crippen LogP contribution >= 0.6 is 0 Å². The van der Waals surface area contributed by atoms with Crippen LogP contribution in [-0.4, -0.2) is 19.0 Å². The fourth-order valence-corrected chi connectivity index (χ4v) is 0.520. The molecule has 0 rings (SSSR count). The summed E-state index contributed by atoms with van der Waals surface area (Å²) in [4.78, 5) is 10.8. The summed E-state index contributed by atoms with van der Waals surface area (Å²) < 4.78 is 0. The summed E-state index contributed by atoms with van der Waals surface area (Å²) in [5.41, 5.74) is 11.3. The van der Waals surface area contributed by atoms with Gasteiger partial charge in [-0.2, -0.15) is 0 Å². The molecule has 0 aliphatic carbocycles. The maximum atomic E-state index is 10.8. The summed E-state index contributed by atoms with van der Waals surface area (Å²) in [5, 5.41) is 0. The highest BCUT2D eigenvalue weighted by Gasteiger charge is 1.91. The van der Waals surface area contributed by atoms with E-state index in [0.29, 0.717) is 13.1 Å². The molecule has 11 heavy (non-hydrogen) atoms. The molecule has 0 aromatic heterocycles. The predicted octanol–water partition coefficient (Wildman–Crippen LogP) is -0.468. The predicted molar refractivity (Wildman–Crippen MR) is 44.6 cm³/mol. The van der Waals surface area contributed by atoms with E-state index in [-0.39, 0.29) is 5.91 Å². The van der Waals surface area contributed by atoms with Crippen LogP contribution in [0, 0.1) is 0 Å². The Morgan fingerprint density at radius 3 is 2.64 bits per heavy atom. The smallest absolute Gasteiger partial charge is 0.258 e. The molecule has 4 N–H and O–H groups in total. The highest BCUT2D eigenvalue weighted by Crippen LogP contribution is 1.85. The molecule has 0 aromatic carbocycles. The van der Waals surface area contributed by atoms with Gasteiger partial charge in [-0.3, -0.25) is 10.2 Å². The second kappa shape index (κ2) is 5.88. The van der Waals surface area contributed by atoms with Crippen molar-refractivity contribution in [3.05, 3.63) is 11.6 Å². The summed E-state index contributed by atoms with van der Waals surface area (Å²) >= 11 is 0. The first-order valence-electron chi connectivity index (χ1n) is 3.54. The van der Waals surface area contributed by atoms with Crippen LogP contribution in [0.3, 0.4) is 0 Å². The standard InChI is InChI=1S/C7H15N3O/c1-6(2)5-7(11)10-9-4-3-8/h5,9H,3-4,8H2,1-2H3,(H,10,11). The molecule has 0 unspecified atom stereocenters. The quantitative estimate of drug-likeness (QED) is 0.294. The van der Waals surface area contributed by atoms with Gasteiger partial charge in [0.1, 0.15) is 0 Å². The zero-order valence-corrected chi connectivity index (χ0v) is 6.98. The van der Waals surface area contributed by atoms with E-state index in [0.717, 1.165) is 5.57 Å². The molecule has 0 fully saturated rings. The molecule has 0 aromatic rings. The minimum absolute atomic E-state index is 0.140. The van der Waals surface area contributed by atoms with E-state index >= 15 is 0 Å². The second-order valence-corrected chi connectivity index (χ2v) is 2.43. The van der Waals surface area contributed by atoms with Gasteiger partial charge in [-0.1, -0.05) is 5.57 Å². The van der Waals surface area contributed by atoms with E-state index in [9.17, 15) is 4.79 Å². The molecule has 0 bridgehead atoms. The van der Waals surface area contributed by atoms with Gasteiger partial charge in [0.05, 0.1) is 0 Å². The fourth-order valence-electron chi connectivity index (χ4n) is 0.520. The van der Waals surface area contributed by atoms with Crippen LogP contribution < -0.4 is 16.6 Å². The van der Waals surface area contributed by atoms with Gasteiger partial charge in [-0.15, -0.1) is 0 Å². The van der Waals surface area contributed by atoms with Gasteiger partial charge in [-0.05, 0) is 13.8 Å². The Balaban J connectivity index is 3.46. The summed E-state index contributed by atoms with van der Waals surface area (Å²) in [6.07, 6.45) is 1.52. The first-order valence-corrected chi connectivity index (χ1v) is 3.54. The maximum Gasteiger partial charge on any atom is 0.258 e. The molecule has 0 radical (unpaired) electrons. The molecule has 0 atom stereocenters. The zero-order valence-electron chi connectivity index (χ0n) is 6.98. The largest absolute Gasteiger partial charge is 0.329 e. The van der Waals surface area contributed by atoms with Gasteiger partial charge in [0.25, 0.3) is 5.91 Å². The van der Waals surface area contributed by atoms with Gasteiger partial charge in [0, 0.05) is 19.2 Å². The van der Waals surface area contributed by atoms with Gasteiger partial charge in [0.15, 0.2) is 0 Å². The molecule has 64 valence electrons. The number of hydrogen-bond acceptors (Lipinski definition) is 3. The summed E-state index contributed by atoms with van der Waals surface area (Å²) in [7, 11) is 0. The number of nitrogens with one attached hydrogen (secondary N) is 2. The maximum absolute atomic E-state index is 10.8. The molecule has 0 heterocycles. The molecule has 4 nitrogen and oxygen atoms in total. The lowest BCUT2D eigenvalue weighted by Gasteiger charge is -2.01. The van der Waals surface area contributed by atoms with Crippen molar-refractivity contribution in [1.29, 1.82) is 0 Å². The first kappa shape index (κ1) is 10.1. The monoisotopic (exact) mass is 157 g/mol. The van der Waals surface area contributed by atoms with Crippen molar-refractivity contribution in [3.8, 4) is 0 Å². The highest BCUT2D eigenvalue weighted by atomic mass is 16.2. The molecule has 0 saturated carbocycles. The van der Waals surface area contributed by atoms with E-state index < -0.39 is 0 Å². The van der Waals surface area contributed by atoms with Gasteiger partial charge in [0.2, 0.25) is 0 Å². The molecule has 0 aliphatic rings. The summed E-state index contributed by atoms with van der Waals surface area (Å²) in [5.74, 6) is -0.140. The van der Waals surface area contributed by atoms with Crippen molar-refractivity contribution in [2.24, 2.45) is 5.73 Å². The number of allylic oxidation sites excluding steroid dienone is 1. The molecule has 1 amide bonds. The fraction of sp³-hybridized carbons (Fsp3) is 0.571. The lowest BCUT2D eigenvalue weighted by atomic mass is 10.3. The van der Waals surface area contributed by atoms with E-state index in [2.05, 4.69) is 10.9 Å². The number of nitrogens with two attached hydrogens (primary N) is 1. The number of rotatable bonds is 4. The van der Waals surface area contributed by atoms with Crippen molar-refractivity contribution in [3.63, 3.8) is 0 Å². The van der Waals surface area contributed by atoms with Gasteiger partial charge >= 0.3 is 0 Å². The van der Waals surface area contributed by atoms with E-state index in [1.807, 2.05) is 13.8 Å². The minimum Gasteiger partial charge on any atom is -0.329 e. The molecule has 0 saturated heterocycles. The summed E-state index contributed by atoms with van der Waals surface area (Å²) in [6.45, 7) is 4.82. The van der Waals surface area contributed by atoms with E-state index in [1.54, 1.807) is 0 Å². The van der Waals surface area contributed by atoms with Gasteiger partial charge in [-0.25, -0.2) is 5.43 Å². The normalized spacial score (nSPS) is 9.00. The van der Waals surface area contributed by atoms with E-state index in [1.165, 1.54) is 6.08 Å². The van der Waals surface area contributed by atoms with Crippen LogP contribution in [0.4, 0.5) is 0 Å². The number of hydrazine groups is 1. The third-order valence-electron chi connectivity index (χ3n) is 0.901.